The molecular formula is C16H25FN2O. The highest BCUT2D eigenvalue weighted by atomic mass is 19.1. The number of rotatable bonds is 5. The second-order valence-corrected chi connectivity index (χ2v) is 5.73. The molecule has 1 fully saturated rings. The highest BCUT2D eigenvalue weighted by Gasteiger charge is 2.29. The Kier molecular flexibility index (Phi) is 5.52. The summed E-state index contributed by atoms with van der Waals surface area (Å²) in [7, 11) is 0. The summed E-state index contributed by atoms with van der Waals surface area (Å²) in [5.41, 5.74) is 7.24. The van der Waals surface area contributed by atoms with Crippen LogP contribution < -0.4 is 5.73 Å². The van der Waals surface area contributed by atoms with Gasteiger partial charge in [-0.2, -0.15) is 0 Å². The van der Waals surface area contributed by atoms with Crippen molar-refractivity contribution in [3.63, 3.8) is 0 Å². The zero-order valence-electron chi connectivity index (χ0n) is 12.1. The van der Waals surface area contributed by atoms with E-state index in [0.29, 0.717) is 5.92 Å². The number of hydrogen-bond donors (Lipinski definition) is 2. The van der Waals surface area contributed by atoms with Crippen LogP contribution in [0.3, 0.4) is 0 Å². The molecule has 2 atom stereocenters. The molecule has 0 saturated carbocycles. The van der Waals surface area contributed by atoms with E-state index < -0.39 is 0 Å². The summed E-state index contributed by atoms with van der Waals surface area (Å²) in [5.74, 6) is 0.193. The highest BCUT2D eigenvalue weighted by Crippen LogP contribution is 2.30. The average molecular weight is 280 g/mol. The lowest BCUT2D eigenvalue weighted by Crippen LogP contribution is -2.45. The Morgan fingerprint density at radius 2 is 2.10 bits per heavy atom. The lowest BCUT2D eigenvalue weighted by atomic mass is 9.91. The van der Waals surface area contributed by atoms with Gasteiger partial charge in [0.25, 0.3) is 0 Å². The molecule has 20 heavy (non-hydrogen) atoms. The van der Waals surface area contributed by atoms with E-state index in [9.17, 15) is 9.50 Å². The van der Waals surface area contributed by atoms with Crippen molar-refractivity contribution in [1.82, 2.24) is 4.90 Å². The number of likely N-dealkylation sites (tertiary alicyclic amines) is 1. The summed E-state index contributed by atoms with van der Waals surface area (Å²) in [6.45, 7) is 4.16. The van der Waals surface area contributed by atoms with Gasteiger partial charge in [0, 0.05) is 18.7 Å². The van der Waals surface area contributed by atoms with Crippen LogP contribution in [-0.2, 0) is 0 Å². The predicted octanol–water partition coefficient (Wildman–Crippen LogP) is 2.31. The summed E-state index contributed by atoms with van der Waals surface area (Å²) < 4.78 is 13.5. The standard InChI is InChI=1S/C16H25FN2O/c1-2-15(18)16(13-4-3-5-14(17)10-13)19-8-6-12(11-20)7-9-19/h3-5,10,12,15-16,20H,2,6-9,11,18H2,1H3. The monoisotopic (exact) mass is 280 g/mol. The predicted molar refractivity (Wildman–Crippen MR) is 78.8 cm³/mol. The van der Waals surface area contributed by atoms with Gasteiger partial charge in [0.05, 0.1) is 0 Å². The average Bonchev–Trinajstić information content (AvgIpc) is 2.48. The van der Waals surface area contributed by atoms with Gasteiger partial charge in [-0.05, 0) is 56.0 Å². The van der Waals surface area contributed by atoms with E-state index in [0.717, 1.165) is 37.9 Å². The Hall–Kier alpha value is -0.970. The fourth-order valence-electron chi connectivity index (χ4n) is 3.06. The van der Waals surface area contributed by atoms with Crippen molar-refractivity contribution in [3.05, 3.63) is 35.6 Å². The van der Waals surface area contributed by atoms with Crippen LogP contribution in [0.1, 0.15) is 37.8 Å². The molecular weight excluding hydrogens is 255 g/mol. The van der Waals surface area contributed by atoms with Crippen molar-refractivity contribution >= 4 is 0 Å². The molecule has 112 valence electrons. The van der Waals surface area contributed by atoms with Crippen LogP contribution >= 0.6 is 0 Å². The molecule has 0 spiro atoms. The van der Waals surface area contributed by atoms with Crippen LogP contribution in [-0.4, -0.2) is 35.7 Å². The number of piperidine rings is 1. The lowest BCUT2D eigenvalue weighted by molar-refractivity contribution is 0.0883. The number of nitrogens with two attached hydrogens (primary N) is 1. The molecule has 1 saturated heterocycles. The molecule has 1 heterocycles. The Labute approximate surface area is 120 Å². The smallest absolute Gasteiger partial charge is 0.123 e. The zero-order chi connectivity index (χ0) is 14.5. The van der Waals surface area contributed by atoms with E-state index in [1.807, 2.05) is 6.07 Å². The van der Waals surface area contributed by atoms with Crippen LogP contribution in [0.5, 0.6) is 0 Å². The van der Waals surface area contributed by atoms with Gasteiger partial charge < -0.3 is 10.8 Å². The number of aliphatic hydroxyl groups excluding tert-OH is 1. The van der Waals surface area contributed by atoms with Gasteiger partial charge in [-0.1, -0.05) is 19.1 Å². The highest BCUT2D eigenvalue weighted by molar-refractivity contribution is 5.22. The molecule has 0 aromatic heterocycles. The Morgan fingerprint density at radius 1 is 1.40 bits per heavy atom. The summed E-state index contributed by atoms with van der Waals surface area (Å²) in [5, 5.41) is 9.23. The Morgan fingerprint density at radius 3 is 2.65 bits per heavy atom. The third-order valence-corrected chi connectivity index (χ3v) is 4.37. The van der Waals surface area contributed by atoms with Gasteiger partial charge in [0.1, 0.15) is 5.82 Å². The van der Waals surface area contributed by atoms with E-state index in [4.69, 9.17) is 5.73 Å². The molecule has 1 aromatic rings. The fourth-order valence-corrected chi connectivity index (χ4v) is 3.06. The topological polar surface area (TPSA) is 49.5 Å². The van der Waals surface area contributed by atoms with Gasteiger partial charge in [-0.3, -0.25) is 4.90 Å². The molecule has 3 nitrogen and oxygen atoms in total. The molecule has 0 radical (unpaired) electrons. The summed E-state index contributed by atoms with van der Waals surface area (Å²) in [6, 6.07) is 6.84. The minimum Gasteiger partial charge on any atom is -0.396 e. The van der Waals surface area contributed by atoms with Gasteiger partial charge in [-0.15, -0.1) is 0 Å². The summed E-state index contributed by atoms with van der Waals surface area (Å²) >= 11 is 0. The molecule has 1 aromatic carbocycles. The van der Waals surface area contributed by atoms with Crippen molar-refractivity contribution in [2.24, 2.45) is 11.7 Å². The fraction of sp³-hybridized carbons (Fsp3) is 0.625. The number of hydrogen-bond acceptors (Lipinski definition) is 3. The second-order valence-electron chi connectivity index (χ2n) is 5.73. The number of halogens is 1. The quantitative estimate of drug-likeness (QED) is 0.870. The molecule has 2 rings (SSSR count). The van der Waals surface area contributed by atoms with Crippen LogP contribution in [0.15, 0.2) is 24.3 Å². The van der Waals surface area contributed by atoms with E-state index in [-0.39, 0.29) is 24.5 Å². The largest absolute Gasteiger partial charge is 0.396 e. The SMILES string of the molecule is CCC(N)C(c1cccc(F)c1)N1CCC(CO)CC1. The third kappa shape index (κ3) is 3.57. The van der Waals surface area contributed by atoms with Crippen molar-refractivity contribution in [1.29, 1.82) is 0 Å². The van der Waals surface area contributed by atoms with E-state index in [2.05, 4.69) is 11.8 Å². The summed E-state index contributed by atoms with van der Waals surface area (Å²) in [4.78, 5) is 2.34. The molecule has 3 N–H and O–H groups in total. The maximum Gasteiger partial charge on any atom is 0.123 e. The van der Waals surface area contributed by atoms with Crippen molar-refractivity contribution in [3.8, 4) is 0 Å². The second kappa shape index (κ2) is 7.16. The molecule has 0 bridgehead atoms. The minimum atomic E-state index is -0.207. The molecule has 0 amide bonds. The molecule has 2 unspecified atom stereocenters. The minimum absolute atomic E-state index is 0.00229. The van der Waals surface area contributed by atoms with Crippen LogP contribution in [0, 0.1) is 11.7 Å². The van der Waals surface area contributed by atoms with Crippen molar-refractivity contribution in [2.45, 2.75) is 38.3 Å². The van der Waals surface area contributed by atoms with Gasteiger partial charge >= 0.3 is 0 Å². The number of aliphatic hydroxyl groups is 1. The third-order valence-electron chi connectivity index (χ3n) is 4.37. The maximum absolute atomic E-state index is 13.5. The van der Waals surface area contributed by atoms with Gasteiger partial charge in [0.2, 0.25) is 0 Å². The van der Waals surface area contributed by atoms with Crippen molar-refractivity contribution in [2.75, 3.05) is 19.7 Å². The van der Waals surface area contributed by atoms with Crippen LogP contribution in [0.25, 0.3) is 0 Å². The van der Waals surface area contributed by atoms with Gasteiger partial charge in [0.15, 0.2) is 0 Å². The van der Waals surface area contributed by atoms with Crippen LogP contribution in [0.4, 0.5) is 4.39 Å². The van der Waals surface area contributed by atoms with E-state index >= 15 is 0 Å². The lowest BCUT2D eigenvalue weighted by Gasteiger charge is -2.40. The zero-order valence-corrected chi connectivity index (χ0v) is 12.1. The number of benzene rings is 1. The number of nitrogens with zero attached hydrogens (tertiary/aromatic N) is 1. The molecule has 0 aliphatic carbocycles. The Bertz CT molecular complexity index is 419. The normalized spacial score (nSPS) is 20.8. The first kappa shape index (κ1) is 15.4. The van der Waals surface area contributed by atoms with E-state index in [1.54, 1.807) is 12.1 Å². The first-order valence-electron chi connectivity index (χ1n) is 7.51. The summed E-state index contributed by atoms with van der Waals surface area (Å²) in [6.07, 6.45) is 2.83. The van der Waals surface area contributed by atoms with Gasteiger partial charge in [-0.25, -0.2) is 4.39 Å². The Balaban J connectivity index is 2.16. The molecule has 1 aliphatic heterocycles. The maximum atomic E-state index is 13.5. The van der Waals surface area contributed by atoms with E-state index in [1.165, 1.54) is 6.07 Å². The molecule has 4 heteroatoms. The van der Waals surface area contributed by atoms with Crippen molar-refractivity contribution < 1.29 is 9.50 Å². The van der Waals surface area contributed by atoms with Crippen LogP contribution in [0.2, 0.25) is 0 Å². The molecule has 1 aliphatic rings. The first-order chi connectivity index (χ1) is 9.65. The first-order valence-corrected chi connectivity index (χ1v) is 7.51.